The van der Waals surface area contributed by atoms with Gasteiger partial charge in [0.25, 0.3) is 0 Å². The molecule has 1 aliphatic heterocycles. The van der Waals surface area contributed by atoms with Crippen LogP contribution in [0.15, 0.2) is 18.5 Å². The first-order valence-electron chi connectivity index (χ1n) is 9.63. The highest BCUT2D eigenvalue weighted by Gasteiger charge is 2.45. The standard InChI is InChI=1S/C19H23N7O3/c1-19(4-5-29-11-19)26(18(27)28)14-3-2-12(6-14)15-7-16(25-24-15)23-17-10-21-13(8-20)9-22-17/h7,9-10,12,14H,2-6,11H2,1H3,(H,27,28)(H2,22,23,24,25)/t12-,14+,19-/m0/s1. The lowest BCUT2D eigenvalue weighted by Gasteiger charge is -2.39. The van der Waals surface area contributed by atoms with Crippen LogP contribution in [0.25, 0.3) is 0 Å². The normalized spacial score (nSPS) is 26.2. The zero-order chi connectivity index (χ0) is 20.4. The van der Waals surface area contributed by atoms with Crippen LogP contribution in [-0.2, 0) is 4.74 Å². The van der Waals surface area contributed by atoms with Gasteiger partial charge in [-0.15, -0.1) is 0 Å². The molecule has 0 unspecified atom stereocenters. The van der Waals surface area contributed by atoms with Gasteiger partial charge in [-0.05, 0) is 32.6 Å². The van der Waals surface area contributed by atoms with Crippen molar-refractivity contribution in [1.29, 1.82) is 5.26 Å². The minimum Gasteiger partial charge on any atom is -0.465 e. The molecule has 1 amide bonds. The lowest BCUT2D eigenvalue weighted by atomic mass is 9.96. The summed E-state index contributed by atoms with van der Waals surface area (Å²) in [5, 5.41) is 29.0. The van der Waals surface area contributed by atoms with Gasteiger partial charge < -0.3 is 15.2 Å². The van der Waals surface area contributed by atoms with Crippen molar-refractivity contribution in [3.05, 3.63) is 29.8 Å². The number of hydrogen-bond donors (Lipinski definition) is 3. The lowest BCUT2D eigenvalue weighted by Crippen LogP contribution is -2.54. The molecule has 2 aromatic rings. The van der Waals surface area contributed by atoms with E-state index in [-0.39, 0.29) is 17.7 Å². The van der Waals surface area contributed by atoms with Crippen molar-refractivity contribution in [2.24, 2.45) is 0 Å². The van der Waals surface area contributed by atoms with E-state index in [1.54, 1.807) is 4.90 Å². The van der Waals surface area contributed by atoms with Crippen molar-refractivity contribution in [2.45, 2.75) is 50.1 Å². The summed E-state index contributed by atoms with van der Waals surface area (Å²) in [4.78, 5) is 21.7. The summed E-state index contributed by atoms with van der Waals surface area (Å²) in [6.07, 6.45) is 5.16. The number of H-pyrrole nitrogens is 1. The van der Waals surface area contributed by atoms with Crippen molar-refractivity contribution in [1.82, 2.24) is 25.1 Å². The van der Waals surface area contributed by atoms with E-state index in [1.165, 1.54) is 12.4 Å². The molecule has 10 nitrogen and oxygen atoms in total. The molecule has 3 heterocycles. The number of aromatic amines is 1. The van der Waals surface area contributed by atoms with E-state index in [0.717, 1.165) is 31.4 Å². The average molecular weight is 397 g/mol. The Morgan fingerprint density at radius 2 is 2.31 bits per heavy atom. The van der Waals surface area contributed by atoms with Gasteiger partial charge >= 0.3 is 6.09 Å². The van der Waals surface area contributed by atoms with Crippen LogP contribution in [0.1, 0.15) is 49.9 Å². The summed E-state index contributed by atoms with van der Waals surface area (Å²) < 4.78 is 5.48. The minimum atomic E-state index is -0.882. The molecule has 0 spiro atoms. The van der Waals surface area contributed by atoms with E-state index in [1.807, 2.05) is 19.1 Å². The molecule has 2 fully saturated rings. The maximum Gasteiger partial charge on any atom is 0.408 e. The summed E-state index contributed by atoms with van der Waals surface area (Å²) in [6, 6.07) is 3.80. The first kappa shape index (κ1) is 19.1. The third-order valence-corrected chi connectivity index (χ3v) is 5.80. The quantitative estimate of drug-likeness (QED) is 0.699. The number of amides is 1. The molecule has 1 aliphatic carbocycles. The van der Waals surface area contributed by atoms with E-state index in [4.69, 9.17) is 10.00 Å². The molecule has 10 heteroatoms. The van der Waals surface area contributed by atoms with E-state index < -0.39 is 11.6 Å². The second kappa shape index (κ2) is 7.67. The molecule has 0 radical (unpaired) electrons. The van der Waals surface area contributed by atoms with Gasteiger partial charge in [-0.1, -0.05) is 0 Å². The summed E-state index contributed by atoms with van der Waals surface area (Å²) in [7, 11) is 0. The Bertz CT molecular complexity index is 915. The summed E-state index contributed by atoms with van der Waals surface area (Å²) in [6.45, 7) is 3.02. The molecule has 1 saturated heterocycles. The Kier molecular flexibility index (Phi) is 5.07. The van der Waals surface area contributed by atoms with E-state index in [9.17, 15) is 9.90 Å². The van der Waals surface area contributed by atoms with Crippen molar-refractivity contribution in [3.63, 3.8) is 0 Å². The molecule has 2 aliphatic rings. The molecule has 2 aromatic heterocycles. The molecule has 4 rings (SSSR count). The number of aromatic nitrogens is 4. The van der Waals surface area contributed by atoms with Crippen LogP contribution in [0.2, 0.25) is 0 Å². The van der Waals surface area contributed by atoms with E-state index in [2.05, 4.69) is 25.5 Å². The Balaban J connectivity index is 1.42. The maximum atomic E-state index is 12.0. The van der Waals surface area contributed by atoms with Crippen LogP contribution in [0.3, 0.4) is 0 Å². The predicted molar refractivity (Wildman–Crippen MR) is 103 cm³/mol. The van der Waals surface area contributed by atoms with Gasteiger partial charge in [-0.2, -0.15) is 10.4 Å². The van der Waals surface area contributed by atoms with Crippen LogP contribution >= 0.6 is 0 Å². The second-order valence-corrected chi connectivity index (χ2v) is 7.85. The number of nitriles is 1. The van der Waals surface area contributed by atoms with Gasteiger partial charge in [0.05, 0.1) is 30.2 Å². The Morgan fingerprint density at radius 3 is 2.97 bits per heavy atom. The van der Waals surface area contributed by atoms with Gasteiger partial charge in [0.15, 0.2) is 5.69 Å². The summed E-state index contributed by atoms with van der Waals surface area (Å²) >= 11 is 0. The maximum absolute atomic E-state index is 12.0. The largest absolute Gasteiger partial charge is 0.465 e. The molecular formula is C19H23N7O3. The number of carbonyl (C=O) groups is 1. The SMILES string of the molecule is C[C@]1(N(C(=O)O)[C@@H]2CC[C@H](c3cc(Nc4cnc(C#N)cn4)[nH]n3)C2)CCOC1. The molecule has 0 aromatic carbocycles. The fraction of sp³-hybridized carbons (Fsp3) is 0.526. The number of rotatable bonds is 5. The van der Waals surface area contributed by atoms with Gasteiger partial charge in [-0.3, -0.25) is 10.00 Å². The molecule has 152 valence electrons. The van der Waals surface area contributed by atoms with E-state index >= 15 is 0 Å². The zero-order valence-corrected chi connectivity index (χ0v) is 16.1. The minimum absolute atomic E-state index is 0.0401. The zero-order valence-electron chi connectivity index (χ0n) is 16.1. The van der Waals surface area contributed by atoms with Crippen LogP contribution in [0.4, 0.5) is 16.4 Å². The van der Waals surface area contributed by atoms with Crippen LogP contribution in [0.5, 0.6) is 0 Å². The highest BCUT2D eigenvalue weighted by molar-refractivity contribution is 5.67. The predicted octanol–water partition coefficient (Wildman–Crippen LogP) is 2.61. The molecular weight excluding hydrogens is 374 g/mol. The third-order valence-electron chi connectivity index (χ3n) is 5.80. The second-order valence-electron chi connectivity index (χ2n) is 7.85. The van der Waals surface area contributed by atoms with Gasteiger partial charge in [0.1, 0.15) is 17.7 Å². The van der Waals surface area contributed by atoms with Crippen molar-refractivity contribution in [3.8, 4) is 6.07 Å². The molecule has 0 bridgehead atoms. The first-order valence-corrected chi connectivity index (χ1v) is 9.63. The summed E-state index contributed by atoms with van der Waals surface area (Å²) in [5.41, 5.74) is 0.690. The number of nitrogens with zero attached hydrogens (tertiary/aromatic N) is 5. The van der Waals surface area contributed by atoms with Crippen molar-refractivity contribution >= 4 is 17.7 Å². The third kappa shape index (κ3) is 3.86. The number of anilines is 2. The molecule has 3 N–H and O–H groups in total. The van der Waals surface area contributed by atoms with Crippen molar-refractivity contribution < 1.29 is 14.6 Å². The van der Waals surface area contributed by atoms with Gasteiger partial charge in [-0.25, -0.2) is 14.8 Å². The fourth-order valence-corrected chi connectivity index (χ4v) is 4.33. The van der Waals surface area contributed by atoms with Gasteiger partial charge in [0.2, 0.25) is 0 Å². The molecule has 3 atom stereocenters. The monoisotopic (exact) mass is 397 g/mol. The number of nitrogens with one attached hydrogen (secondary N) is 2. The lowest BCUT2D eigenvalue weighted by molar-refractivity contribution is 0.0444. The number of hydrogen-bond acceptors (Lipinski definition) is 7. The topological polar surface area (TPSA) is 140 Å². The molecule has 1 saturated carbocycles. The smallest absolute Gasteiger partial charge is 0.408 e. The van der Waals surface area contributed by atoms with Crippen LogP contribution in [0, 0.1) is 11.3 Å². The Morgan fingerprint density at radius 1 is 1.45 bits per heavy atom. The molecule has 29 heavy (non-hydrogen) atoms. The summed E-state index contributed by atoms with van der Waals surface area (Å²) in [5.74, 6) is 1.37. The highest BCUT2D eigenvalue weighted by Crippen LogP contribution is 2.40. The Labute approximate surface area is 167 Å². The highest BCUT2D eigenvalue weighted by atomic mass is 16.5. The average Bonchev–Trinajstić information content (AvgIpc) is 3.44. The number of carboxylic acid groups (broad SMARTS) is 1. The van der Waals surface area contributed by atoms with Crippen molar-refractivity contribution in [2.75, 3.05) is 18.5 Å². The fourth-order valence-electron chi connectivity index (χ4n) is 4.33. The van der Waals surface area contributed by atoms with Gasteiger partial charge in [0, 0.05) is 24.6 Å². The Hall–Kier alpha value is -3.19. The van der Waals surface area contributed by atoms with E-state index in [0.29, 0.717) is 24.8 Å². The van der Waals surface area contributed by atoms with Crippen LogP contribution < -0.4 is 5.32 Å². The van der Waals surface area contributed by atoms with Crippen LogP contribution in [-0.4, -0.2) is 61.1 Å². The number of ether oxygens (including phenoxy) is 1. The first-order chi connectivity index (χ1) is 14.0.